The second-order valence-corrected chi connectivity index (χ2v) is 5.47. The minimum absolute atomic E-state index is 0.281. The smallest absolute Gasteiger partial charge is 0.340 e. The van der Waals surface area contributed by atoms with Crippen LogP contribution >= 0.6 is 0 Å². The molecular formula is C14H20N2O3. The van der Waals surface area contributed by atoms with Crippen molar-refractivity contribution in [3.05, 3.63) is 29.3 Å². The van der Waals surface area contributed by atoms with Crippen molar-refractivity contribution < 1.29 is 14.3 Å². The van der Waals surface area contributed by atoms with E-state index in [0.29, 0.717) is 5.69 Å². The fraction of sp³-hybridized carbons (Fsp3) is 0.429. The topological polar surface area (TPSA) is 81.4 Å². The molecule has 0 radical (unpaired) electrons. The van der Waals surface area contributed by atoms with Gasteiger partial charge in [0.05, 0.1) is 5.56 Å². The molecule has 0 bridgehead atoms. The number of nitrogen functional groups attached to an aromatic ring is 1. The molecule has 0 aliphatic carbocycles. The van der Waals surface area contributed by atoms with E-state index in [0.717, 1.165) is 5.56 Å². The lowest BCUT2D eigenvalue weighted by Crippen LogP contribution is -2.42. The van der Waals surface area contributed by atoms with Gasteiger partial charge >= 0.3 is 5.97 Å². The molecule has 0 fully saturated rings. The number of rotatable bonds is 3. The van der Waals surface area contributed by atoms with Crippen molar-refractivity contribution in [2.24, 2.45) is 0 Å². The normalized spacial score (nSPS) is 10.9. The van der Waals surface area contributed by atoms with Crippen LogP contribution in [0.2, 0.25) is 0 Å². The average molecular weight is 264 g/mol. The van der Waals surface area contributed by atoms with Gasteiger partial charge in [0.1, 0.15) is 0 Å². The van der Waals surface area contributed by atoms with Gasteiger partial charge in [0.2, 0.25) is 0 Å². The van der Waals surface area contributed by atoms with Crippen molar-refractivity contribution in [1.82, 2.24) is 5.32 Å². The molecule has 5 heteroatoms. The first-order valence-electron chi connectivity index (χ1n) is 6.03. The fourth-order valence-electron chi connectivity index (χ4n) is 1.51. The molecule has 0 atom stereocenters. The number of carbonyl (C=O) groups excluding carboxylic acids is 2. The van der Waals surface area contributed by atoms with E-state index in [1.807, 2.05) is 27.7 Å². The highest BCUT2D eigenvalue weighted by Gasteiger charge is 2.17. The molecule has 0 aliphatic rings. The zero-order valence-electron chi connectivity index (χ0n) is 11.7. The molecule has 0 heterocycles. The van der Waals surface area contributed by atoms with Crippen LogP contribution in [0.4, 0.5) is 5.69 Å². The first-order chi connectivity index (χ1) is 8.69. The third kappa shape index (κ3) is 4.99. The molecule has 0 saturated heterocycles. The summed E-state index contributed by atoms with van der Waals surface area (Å²) in [4.78, 5) is 23.3. The van der Waals surface area contributed by atoms with Gasteiger partial charge < -0.3 is 15.8 Å². The van der Waals surface area contributed by atoms with Crippen LogP contribution in [-0.2, 0) is 9.53 Å². The number of nitrogens with one attached hydrogen (secondary N) is 1. The minimum Gasteiger partial charge on any atom is -0.452 e. The van der Waals surface area contributed by atoms with Crippen LogP contribution in [0.25, 0.3) is 0 Å². The standard InChI is InChI=1S/C14H20N2O3/c1-9-5-6-11(15)10(7-9)13(18)19-8-12(17)16-14(2,3)4/h5-7H,8,15H2,1-4H3,(H,16,17). The van der Waals surface area contributed by atoms with Crippen LogP contribution in [0.15, 0.2) is 18.2 Å². The molecule has 19 heavy (non-hydrogen) atoms. The van der Waals surface area contributed by atoms with Gasteiger partial charge in [-0.2, -0.15) is 0 Å². The maximum Gasteiger partial charge on any atom is 0.340 e. The lowest BCUT2D eigenvalue weighted by atomic mass is 10.1. The number of ether oxygens (including phenoxy) is 1. The van der Waals surface area contributed by atoms with Crippen molar-refractivity contribution in [3.63, 3.8) is 0 Å². The van der Waals surface area contributed by atoms with Gasteiger partial charge in [0.25, 0.3) is 5.91 Å². The van der Waals surface area contributed by atoms with E-state index in [2.05, 4.69) is 5.32 Å². The largest absolute Gasteiger partial charge is 0.452 e. The van der Waals surface area contributed by atoms with Crippen molar-refractivity contribution >= 4 is 17.6 Å². The van der Waals surface area contributed by atoms with Gasteiger partial charge in [-0.3, -0.25) is 4.79 Å². The number of benzene rings is 1. The predicted molar refractivity (Wildman–Crippen MR) is 73.8 cm³/mol. The van der Waals surface area contributed by atoms with Crippen molar-refractivity contribution in [1.29, 1.82) is 0 Å². The number of esters is 1. The number of carbonyl (C=O) groups is 2. The molecule has 5 nitrogen and oxygen atoms in total. The Morgan fingerprint density at radius 2 is 1.95 bits per heavy atom. The van der Waals surface area contributed by atoms with E-state index in [9.17, 15) is 9.59 Å². The van der Waals surface area contributed by atoms with Crippen LogP contribution < -0.4 is 11.1 Å². The van der Waals surface area contributed by atoms with E-state index < -0.39 is 5.97 Å². The lowest BCUT2D eigenvalue weighted by molar-refractivity contribution is -0.125. The monoisotopic (exact) mass is 264 g/mol. The van der Waals surface area contributed by atoms with Gasteiger partial charge in [-0.15, -0.1) is 0 Å². The second-order valence-electron chi connectivity index (χ2n) is 5.47. The molecule has 1 amide bonds. The van der Waals surface area contributed by atoms with Gasteiger partial charge in [0.15, 0.2) is 6.61 Å². The van der Waals surface area contributed by atoms with E-state index in [1.165, 1.54) is 0 Å². The number of nitrogens with two attached hydrogens (primary N) is 1. The van der Waals surface area contributed by atoms with Crippen LogP contribution in [-0.4, -0.2) is 24.0 Å². The van der Waals surface area contributed by atoms with E-state index in [-0.39, 0.29) is 23.6 Å². The summed E-state index contributed by atoms with van der Waals surface area (Å²) in [6, 6.07) is 5.08. The molecule has 0 saturated carbocycles. The number of hydrogen-bond acceptors (Lipinski definition) is 4. The Balaban J connectivity index is 2.61. The quantitative estimate of drug-likeness (QED) is 0.642. The SMILES string of the molecule is Cc1ccc(N)c(C(=O)OCC(=O)NC(C)(C)C)c1. The van der Waals surface area contributed by atoms with Gasteiger partial charge in [-0.25, -0.2) is 4.79 Å². The Bertz CT molecular complexity index is 490. The molecule has 0 aromatic heterocycles. The van der Waals surface area contributed by atoms with Gasteiger partial charge in [-0.1, -0.05) is 11.6 Å². The fourth-order valence-corrected chi connectivity index (χ4v) is 1.51. The average Bonchev–Trinajstić information content (AvgIpc) is 2.27. The highest BCUT2D eigenvalue weighted by molar-refractivity contribution is 5.96. The number of amides is 1. The molecule has 0 aliphatic heterocycles. The first-order valence-corrected chi connectivity index (χ1v) is 6.03. The maximum absolute atomic E-state index is 11.8. The third-order valence-corrected chi connectivity index (χ3v) is 2.28. The van der Waals surface area contributed by atoms with Crippen LogP contribution in [0.5, 0.6) is 0 Å². The zero-order chi connectivity index (χ0) is 14.6. The Morgan fingerprint density at radius 3 is 2.53 bits per heavy atom. The Morgan fingerprint density at radius 1 is 1.32 bits per heavy atom. The molecule has 1 aromatic carbocycles. The van der Waals surface area contributed by atoms with Gasteiger partial charge in [-0.05, 0) is 39.8 Å². The number of hydrogen-bond donors (Lipinski definition) is 2. The number of anilines is 1. The predicted octanol–water partition coefficient (Wildman–Crippen LogP) is 1.65. The molecule has 1 aromatic rings. The van der Waals surface area contributed by atoms with E-state index in [1.54, 1.807) is 18.2 Å². The summed E-state index contributed by atoms with van der Waals surface area (Å²) in [6.45, 7) is 7.09. The Kier molecular flexibility index (Phi) is 4.53. The highest BCUT2D eigenvalue weighted by Crippen LogP contribution is 2.14. The summed E-state index contributed by atoms with van der Waals surface area (Å²) in [7, 11) is 0. The minimum atomic E-state index is -0.592. The van der Waals surface area contributed by atoms with Crippen LogP contribution in [0, 0.1) is 6.92 Å². The van der Waals surface area contributed by atoms with E-state index >= 15 is 0 Å². The maximum atomic E-state index is 11.8. The molecule has 0 spiro atoms. The first kappa shape index (κ1) is 15.0. The van der Waals surface area contributed by atoms with Crippen molar-refractivity contribution in [3.8, 4) is 0 Å². The Labute approximate surface area is 113 Å². The summed E-state index contributed by atoms with van der Waals surface area (Å²) in [5.41, 5.74) is 6.87. The summed E-state index contributed by atoms with van der Waals surface area (Å²) in [5, 5.41) is 2.70. The van der Waals surface area contributed by atoms with Crippen molar-refractivity contribution in [2.45, 2.75) is 33.2 Å². The summed E-state index contributed by atoms with van der Waals surface area (Å²) in [5.74, 6) is -0.933. The second kappa shape index (κ2) is 5.73. The lowest BCUT2D eigenvalue weighted by Gasteiger charge is -2.20. The number of aryl methyl sites for hydroxylation is 1. The molecule has 0 unspecified atom stereocenters. The van der Waals surface area contributed by atoms with Crippen molar-refractivity contribution in [2.75, 3.05) is 12.3 Å². The molecule has 104 valence electrons. The third-order valence-electron chi connectivity index (χ3n) is 2.28. The molecular weight excluding hydrogens is 244 g/mol. The Hall–Kier alpha value is -2.04. The summed E-state index contributed by atoms with van der Waals surface area (Å²) in [6.07, 6.45) is 0. The summed E-state index contributed by atoms with van der Waals surface area (Å²) < 4.78 is 4.94. The zero-order valence-corrected chi connectivity index (χ0v) is 11.7. The highest BCUT2D eigenvalue weighted by atomic mass is 16.5. The van der Waals surface area contributed by atoms with E-state index in [4.69, 9.17) is 10.5 Å². The summed E-state index contributed by atoms with van der Waals surface area (Å²) >= 11 is 0. The van der Waals surface area contributed by atoms with Crippen LogP contribution in [0.3, 0.4) is 0 Å². The van der Waals surface area contributed by atoms with Gasteiger partial charge in [0, 0.05) is 11.2 Å². The molecule has 1 rings (SSSR count). The molecule has 3 N–H and O–H groups in total. The van der Waals surface area contributed by atoms with Crippen LogP contribution in [0.1, 0.15) is 36.7 Å².